The van der Waals surface area contributed by atoms with Crippen LogP contribution in [0.4, 0.5) is 11.4 Å². The second kappa shape index (κ2) is 6.50. The van der Waals surface area contributed by atoms with Crippen molar-refractivity contribution >= 4 is 27.3 Å². The zero-order chi connectivity index (χ0) is 14.7. The summed E-state index contributed by atoms with van der Waals surface area (Å²) < 4.78 is 6.96. The summed E-state index contributed by atoms with van der Waals surface area (Å²) in [6.45, 7) is 2.58. The van der Waals surface area contributed by atoms with E-state index in [0.29, 0.717) is 0 Å². The molecule has 0 saturated heterocycles. The van der Waals surface area contributed by atoms with E-state index in [1.165, 1.54) is 11.3 Å². The number of halogens is 1. The molecule has 0 spiro atoms. The van der Waals surface area contributed by atoms with Crippen molar-refractivity contribution in [1.82, 2.24) is 5.32 Å². The molecular formula is C17H19BrN2O. The molecule has 0 bridgehead atoms. The van der Waals surface area contributed by atoms with E-state index >= 15 is 0 Å². The summed E-state index contributed by atoms with van der Waals surface area (Å²) in [6, 6.07) is 14.7. The zero-order valence-electron chi connectivity index (χ0n) is 12.1. The quantitative estimate of drug-likeness (QED) is 0.905. The average Bonchev–Trinajstić information content (AvgIpc) is 2.72. The molecule has 21 heavy (non-hydrogen) atoms. The standard InChI is InChI=1S/C17H19BrN2O/c1-19-12-13-7-8-14(18)11-16(13)20-9-4-10-21-17-6-3-2-5-15(17)20/h2-3,5-8,11,19H,4,9-10,12H2,1H3. The molecule has 1 heterocycles. The Kier molecular flexibility index (Phi) is 4.46. The molecule has 4 heteroatoms. The number of benzene rings is 2. The maximum Gasteiger partial charge on any atom is 0.142 e. The van der Waals surface area contributed by atoms with Gasteiger partial charge in [-0.2, -0.15) is 0 Å². The van der Waals surface area contributed by atoms with Gasteiger partial charge in [0.05, 0.1) is 12.3 Å². The minimum atomic E-state index is 0.767. The molecule has 0 fully saturated rings. The van der Waals surface area contributed by atoms with Crippen molar-refractivity contribution in [3.05, 3.63) is 52.5 Å². The van der Waals surface area contributed by atoms with Crippen molar-refractivity contribution in [2.75, 3.05) is 25.1 Å². The Balaban J connectivity index is 2.09. The van der Waals surface area contributed by atoms with Crippen LogP contribution in [0.3, 0.4) is 0 Å². The van der Waals surface area contributed by atoms with Gasteiger partial charge in [0, 0.05) is 23.2 Å². The largest absolute Gasteiger partial charge is 0.491 e. The molecule has 0 atom stereocenters. The van der Waals surface area contributed by atoms with Crippen LogP contribution in [-0.4, -0.2) is 20.2 Å². The van der Waals surface area contributed by atoms with Crippen LogP contribution >= 0.6 is 15.9 Å². The zero-order valence-corrected chi connectivity index (χ0v) is 13.7. The van der Waals surface area contributed by atoms with Gasteiger partial charge in [0.25, 0.3) is 0 Å². The summed E-state index contributed by atoms with van der Waals surface area (Å²) >= 11 is 3.60. The second-order valence-electron chi connectivity index (χ2n) is 5.12. The topological polar surface area (TPSA) is 24.5 Å². The van der Waals surface area contributed by atoms with Gasteiger partial charge in [-0.05, 0) is 43.3 Å². The Morgan fingerprint density at radius 1 is 1.19 bits per heavy atom. The van der Waals surface area contributed by atoms with Crippen LogP contribution in [-0.2, 0) is 6.54 Å². The lowest BCUT2D eigenvalue weighted by Gasteiger charge is -2.26. The lowest BCUT2D eigenvalue weighted by molar-refractivity contribution is 0.322. The van der Waals surface area contributed by atoms with Crippen molar-refractivity contribution in [1.29, 1.82) is 0 Å². The van der Waals surface area contributed by atoms with Crippen LogP contribution in [0.5, 0.6) is 5.75 Å². The van der Waals surface area contributed by atoms with Crippen molar-refractivity contribution in [2.24, 2.45) is 0 Å². The molecule has 0 aliphatic carbocycles. The van der Waals surface area contributed by atoms with E-state index in [9.17, 15) is 0 Å². The van der Waals surface area contributed by atoms with E-state index in [4.69, 9.17) is 4.74 Å². The van der Waals surface area contributed by atoms with Gasteiger partial charge >= 0.3 is 0 Å². The Bertz CT molecular complexity index is 630. The second-order valence-corrected chi connectivity index (χ2v) is 6.04. The highest BCUT2D eigenvalue weighted by molar-refractivity contribution is 9.10. The first-order chi connectivity index (χ1) is 10.3. The number of hydrogen-bond acceptors (Lipinski definition) is 3. The van der Waals surface area contributed by atoms with E-state index in [0.717, 1.165) is 42.0 Å². The molecule has 1 aliphatic heterocycles. The molecule has 3 rings (SSSR count). The molecule has 0 amide bonds. The van der Waals surface area contributed by atoms with Crippen LogP contribution in [0.25, 0.3) is 0 Å². The molecule has 0 unspecified atom stereocenters. The van der Waals surface area contributed by atoms with Gasteiger partial charge in [-0.15, -0.1) is 0 Å². The van der Waals surface area contributed by atoms with Gasteiger partial charge in [-0.3, -0.25) is 0 Å². The van der Waals surface area contributed by atoms with Crippen LogP contribution in [0.1, 0.15) is 12.0 Å². The SMILES string of the molecule is CNCc1ccc(Br)cc1N1CCCOc2ccccc21. The average molecular weight is 347 g/mol. The van der Waals surface area contributed by atoms with Crippen LogP contribution in [0.2, 0.25) is 0 Å². The van der Waals surface area contributed by atoms with E-state index in [1.54, 1.807) is 0 Å². The third kappa shape index (κ3) is 3.06. The smallest absolute Gasteiger partial charge is 0.142 e. The Labute approximate surface area is 134 Å². The lowest BCUT2D eigenvalue weighted by atomic mass is 10.1. The summed E-state index contributed by atoms with van der Waals surface area (Å²) in [4.78, 5) is 2.36. The van der Waals surface area contributed by atoms with Crippen molar-refractivity contribution in [3.8, 4) is 5.75 Å². The monoisotopic (exact) mass is 346 g/mol. The first-order valence-electron chi connectivity index (χ1n) is 7.22. The summed E-state index contributed by atoms with van der Waals surface area (Å²) in [7, 11) is 1.98. The van der Waals surface area contributed by atoms with Crippen molar-refractivity contribution in [3.63, 3.8) is 0 Å². The Morgan fingerprint density at radius 3 is 2.90 bits per heavy atom. The molecule has 1 N–H and O–H groups in total. The number of nitrogens with one attached hydrogen (secondary N) is 1. The Morgan fingerprint density at radius 2 is 2.05 bits per heavy atom. The summed E-state index contributed by atoms with van der Waals surface area (Å²) in [6.07, 6.45) is 1.01. The van der Waals surface area contributed by atoms with Crippen LogP contribution in [0.15, 0.2) is 46.9 Å². The van der Waals surface area contributed by atoms with Gasteiger partial charge in [0.2, 0.25) is 0 Å². The molecule has 2 aromatic carbocycles. The van der Waals surface area contributed by atoms with Crippen molar-refractivity contribution in [2.45, 2.75) is 13.0 Å². The molecule has 2 aromatic rings. The number of rotatable bonds is 3. The van der Waals surface area contributed by atoms with E-state index in [2.05, 4.69) is 56.5 Å². The third-order valence-corrected chi connectivity index (χ3v) is 4.14. The molecule has 0 radical (unpaired) electrons. The van der Waals surface area contributed by atoms with Gasteiger partial charge in [-0.1, -0.05) is 34.1 Å². The lowest BCUT2D eigenvalue weighted by Crippen LogP contribution is -2.20. The molecule has 3 nitrogen and oxygen atoms in total. The Hall–Kier alpha value is -1.52. The molecule has 110 valence electrons. The van der Waals surface area contributed by atoms with Crippen LogP contribution < -0.4 is 15.0 Å². The summed E-state index contributed by atoms with van der Waals surface area (Å²) in [5, 5.41) is 3.25. The first-order valence-corrected chi connectivity index (χ1v) is 8.01. The number of nitrogens with zero attached hydrogens (tertiary/aromatic N) is 1. The molecular weight excluding hydrogens is 328 g/mol. The van der Waals surface area contributed by atoms with Crippen LogP contribution in [0, 0.1) is 0 Å². The minimum Gasteiger partial charge on any atom is -0.491 e. The number of para-hydroxylation sites is 2. The van der Waals surface area contributed by atoms with E-state index in [1.807, 2.05) is 19.2 Å². The summed E-state index contributed by atoms with van der Waals surface area (Å²) in [5.74, 6) is 0.963. The van der Waals surface area contributed by atoms with Gasteiger partial charge in [0.15, 0.2) is 0 Å². The number of fused-ring (bicyclic) bond motifs is 1. The number of ether oxygens (including phenoxy) is 1. The van der Waals surface area contributed by atoms with E-state index in [-0.39, 0.29) is 0 Å². The predicted octanol–water partition coefficient (Wildman–Crippen LogP) is 4.09. The van der Waals surface area contributed by atoms with Crippen molar-refractivity contribution < 1.29 is 4.74 Å². The highest BCUT2D eigenvalue weighted by Crippen LogP contribution is 2.38. The minimum absolute atomic E-state index is 0.767. The third-order valence-electron chi connectivity index (χ3n) is 3.65. The predicted molar refractivity (Wildman–Crippen MR) is 90.5 cm³/mol. The highest BCUT2D eigenvalue weighted by atomic mass is 79.9. The first kappa shape index (κ1) is 14.4. The normalized spacial score (nSPS) is 14.3. The number of hydrogen-bond donors (Lipinski definition) is 1. The highest BCUT2D eigenvalue weighted by Gasteiger charge is 2.19. The fourth-order valence-corrected chi connectivity index (χ4v) is 3.05. The maximum absolute atomic E-state index is 5.86. The van der Waals surface area contributed by atoms with Gasteiger partial charge < -0.3 is 15.0 Å². The maximum atomic E-state index is 5.86. The fraction of sp³-hybridized carbons (Fsp3) is 0.294. The fourth-order valence-electron chi connectivity index (χ4n) is 2.71. The van der Waals surface area contributed by atoms with Gasteiger partial charge in [0.1, 0.15) is 5.75 Å². The molecule has 0 aromatic heterocycles. The molecule has 1 aliphatic rings. The van der Waals surface area contributed by atoms with Gasteiger partial charge in [-0.25, -0.2) is 0 Å². The molecule has 0 saturated carbocycles. The van der Waals surface area contributed by atoms with E-state index < -0.39 is 0 Å². The number of anilines is 2. The summed E-state index contributed by atoms with van der Waals surface area (Å²) in [5.41, 5.74) is 3.67.